The van der Waals surface area contributed by atoms with Crippen molar-refractivity contribution in [2.45, 2.75) is 32.6 Å². The highest BCUT2D eigenvalue weighted by atomic mass is 16.5. The topological polar surface area (TPSA) is 26.3 Å². The smallest absolute Gasteiger partial charge is 0.134 e. The van der Waals surface area contributed by atoms with E-state index in [1.807, 2.05) is 12.1 Å². The number of hydrogen-bond acceptors (Lipinski definition) is 2. The summed E-state index contributed by atoms with van der Waals surface area (Å²) in [6.45, 7) is 6.58. The number of Topliss-reactive ketones (excluding diaryl/α,β-unsaturated/α-hetero) is 1. The standard InChI is InChI=1S/C14H20O2/c1-11(15)8-12-6-5-7-13(9-12)14(2,3)10-16-4/h5-7,9H,8,10H2,1-4H3. The minimum absolute atomic E-state index is 0.0124. The number of carbonyl (C=O) groups is 1. The third kappa shape index (κ3) is 3.46. The molecule has 0 amide bonds. The number of benzene rings is 1. The molecule has 2 heteroatoms. The molecule has 0 atom stereocenters. The Kier molecular flexibility index (Phi) is 4.25. The van der Waals surface area contributed by atoms with E-state index in [0.717, 1.165) is 5.56 Å². The van der Waals surface area contributed by atoms with Crippen molar-refractivity contribution >= 4 is 5.78 Å². The van der Waals surface area contributed by atoms with Crippen molar-refractivity contribution in [3.05, 3.63) is 35.4 Å². The number of ether oxygens (including phenoxy) is 1. The van der Waals surface area contributed by atoms with Gasteiger partial charge in [-0.15, -0.1) is 0 Å². The van der Waals surface area contributed by atoms with Gasteiger partial charge in [-0.1, -0.05) is 38.1 Å². The van der Waals surface area contributed by atoms with E-state index in [0.29, 0.717) is 13.0 Å². The first kappa shape index (κ1) is 12.9. The predicted octanol–water partition coefficient (Wildman–Crippen LogP) is 2.74. The predicted molar refractivity (Wildman–Crippen MR) is 65.7 cm³/mol. The Labute approximate surface area is 97.6 Å². The maximum atomic E-state index is 11.1. The molecule has 1 aromatic carbocycles. The summed E-state index contributed by atoms with van der Waals surface area (Å²) < 4.78 is 5.22. The van der Waals surface area contributed by atoms with Gasteiger partial charge in [-0.3, -0.25) is 4.79 Å². The lowest BCUT2D eigenvalue weighted by Gasteiger charge is -2.24. The van der Waals surface area contributed by atoms with Crippen LogP contribution in [-0.2, 0) is 21.4 Å². The highest BCUT2D eigenvalue weighted by Gasteiger charge is 2.20. The van der Waals surface area contributed by atoms with Crippen LogP contribution in [0.25, 0.3) is 0 Å². The lowest BCUT2D eigenvalue weighted by atomic mass is 9.84. The zero-order valence-corrected chi connectivity index (χ0v) is 10.5. The van der Waals surface area contributed by atoms with Gasteiger partial charge in [0.1, 0.15) is 5.78 Å². The van der Waals surface area contributed by atoms with Gasteiger partial charge in [0.05, 0.1) is 6.61 Å². The summed E-state index contributed by atoms with van der Waals surface area (Å²) in [5, 5.41) is 0. The Morgan fingerprint density at radius 1 is 1.38 bits per heavy atom. The molecule has 0 aliphatic heterocycles. The summed E-state index contributed by atoms with van der Waals surface area (Å²) in [7, 11) is 1.71. The molecule has 0 aliphatic rings. The van der Waals surface area contributed by atoms with Gasteiger partial charge in [-0.05, 0) is 18.1 Å². The molecule has 0 radical (unpaired) electrons. The van der Waals surface area contributed by atoms with E-state index in [-0.39, 0.29) is 11.2 Å². The van der Waals surface area contributed by atoms with Crippen molar-refractivity contribution in [1.82, 2.24) is 0 Å². The zero-order chi connectivity index (χ0) is 12.2. The third-order valence-corrected chi connectivity index (χ3v) is 2.67. The molecule has 0 N–H and O–H groups in total. The number of ketones is 1. The molecule has 0 bridgehead atoms. The van der Waals surface area contributed by atoms with Gasteiger partial charge >= 0.3 is 0 Å². The van der Waals surface area contributed by atoms with Crippen LogP contribution in [0.1, 0.15) is 31.9 Å². The maximum absolute atomic E-state index is 11.1. The zero-order valence-electron chi connectivity index (χ0n) is 10.5. The summed E-state index contributed by atoms with van der Waals surface area (Å²) in [5.74, 6) is 0.196. The van der Waals surface area contributed by atoms with Gasteiger partial charge in [0.15, 0.2) is 0 Å². The van der Waals surface area contributed by atoms with Crippen LogP contribution in [0.15, 0.2) is 24.3 Å². The van der Waals surface area contributed by atoms with Crippen LogP contribution in [0.5, 0.6) is 0 Å². The Hall–Kier alpha value is -1.15. The van der Waals surface area contributed by atoms with E-state index < -0.39 is 0 Å². The molecule has 0 heterocycles. The lowest BCUT2D eigenvalue weighted by Crippen LogP contribution is -2.23. The van der Waals surface area contributed by atoms with Crippen molar-refractivity contribution in [2.75, 3.05) is 13.7 Å². The average molecular weight is 220 g/mol. The fourth-order valence-electron chi connectivity index (χ4n) is 1.83. The molecule has 0 saturated heterocycles. The van der Waals surface area contributed by atoms with E-state index in [1.165, 1.54) is 5.56 Å². The average Bonchev–Trinajstić information content (AvgIpc) is 2.17. The quantitative estimate of drug-likeness (QED) is 0.762. The van der Waals surface area contributed by atoms with E-state index in [2.05, 4.69) is 26.0 Å². The first-order valence-electron chi connectivity index (χ1n) is 5.53. The molecule has 1 rings (SSSR count). The van der Waals surface area contributed by atoms with Crippen molar-refractivity contribution < 1.29 is 9.53 Å². The van der Waals surface area contributed by atoms with Gasteiger partial charge in [0.25, 0.3) is 0 Å². The largest absolute Gasteiger partial charge is 0.384 e. The summed E-state index contributed by atoms with van der Waals surface area (Å²) in [4.78, 5) is 11.1. The van der Waals surface area contributed by atoms with Crippen LogP contribution in [0.3, 0.4) is 0 Å². The van der Waals surface area contributed by atoms with Crippen molar-refractivity contribution in [2.24, 2.45) is 0 Å². The summed E-state index contributed by atoms with van der Waals surface area (Å²) in [6.07, 6.45) is 0.511. The van der Waals surface area contributed by atoms with E-state index in [1.54, 1.807) is 14.0 Å². The summed E-state index contributed by atoms with van der Waals surface area (Å²) in [6, 6.07) is 8.18. The van der Waals surface area contributed by atoms with Crippen molar-refractivity contribution in [1.29, 1.82) is 0 Å². The number of rotatable bonds is 5. The van der Waals surface area contributed by atoms with Crippen LogP contribution in [0.4, 0.5) is 0 Å². The van der Waals surface area contributed by atoms with Crippen LogP contribution in [0, 0.1) is 0 Å². The molecule has 16 heavy (non-hydrogen) atoms. The molecule has 0 aromatic heterocycles. The highest BCUT2D eigenvalue weighted by molar-refractivity contribution is 5.78. The lowest BCUT2D eigenvalue weighted by molar-refractivity contribution is -0.116. The van der Waals surface area contributed by atoms with Crippen LogP contribution in [0.2, 0.25) is 0 Å². The highest BCUT2D eigenvalue weighted by Crippen LogP contribution is 2.24. The van der Waals surface area contributed by atoms with Crippen LogP contribution in [-0.4, -0.2) is 19.5 Å². The molecule has 2 nitrogen and oxygen atoms in total. The van der Waals surface area contributed by atoms with E-state index in [4.69, 9.17) is 4.74 Å². The fraction of sp³-hybridized carbons (Fsp3) is 0.500. The second kappa shape index (κ2) is 5.26. The van der Waals surface area contributed by atoms with Gasteiger partial charge in [-0.25, -0.2) is 0 Å². The Balaban J connectivity index is 2.93. The van der Waals surface area contributed by atoms with Gasteiger partial charge in [0, 0.05) is 18.9 Å². The normalized spacial score (nSPS) is 11.5. The van der Waals surface area contributed by atoms with E-state index >= 15 is 0 Å². The molecule has 0 saturated carbocycles. The first-order chi connectivity index (χ1) is 7.45. The summed E-state index contributed by atoms with van der Waals surface area (Å²) >= 11 is 0. The van der Waals surface area contributed by atoms with Crippen molar-refractivity contribution in [3.63, 3.8) is 0 Å². The number of hydrogen-bond donors (Lipinski definition) is 0. The Morgan fingerprint density at radius 3 is 2.62 bits per heavy atom. The number of carbonyl (C=O) groups excluding carboxylic acids is 1. The maximum Gasteiger partial charge on any atom is 0.134 e. The number of methoxy groups -OCH3 is 1. The molecular formula is C14H20O2. The summed E-state index contributed by atoms with van der Waals surface area (Å²) in [5.41, 5.74) is 2.28. The SMILES string of the molecule is COCC(C)(C)c1cccc(CC(C)=O)c1. The monoisotopic (exact) mass is 220 g/mol. The molecule has 0 spiro atoms. The van der Waals surface area contributed by atoms with Crippen LogP contribution >= 0.6 is 0 Å². The van der Waals surface area contributed by atoms with Gasteiger partial charge in [-0.2, -0.15) is 0 Å². The molecular weight excluding hydrogens is 200 g/mol. The molecule has 0 unspecified atom stereocenters. The molecule has 0 aliphatic carbocycles. The fourth-order valence-corrected chi connectivity index (χ4v) is 1.83. The Morgan fingerprint density at radius 2 is 2.06 bits per heavy atom. The van der Waals surface area contributed by atoms with Gasteiger partial charge < -0.3 is 4.74 Å². The second-order valence-corrected chi connectivity index (χ2v) is 4.90. The third-order valence-electron chi connectivity index (χ3n) is 2.67. The second-order valence-electron chi connectivity index (χ2n) is 4.90. The minimum atomic E-state index is -0.0124. The minimum Gasteiger partial charge on any atom is -0.384 e. The molecule has 88 valence electrons. The molecule has 0 fully saturated rings. The van der Waals surface area contributed by atoms with Gasteiger partial charge in [0.2, 0.25) is 0 Å². The van der Waals surface area contributed by atoms with Crippen LogP contribution < -0.4 is 0 Å². The Bertz CT molecular complexity index is 367. The first-order valence-corrected chi connectivity index (χ1v) is 5.53. The van der Waals surface area contributed by atoms with E-state index in [9.17, 15) is 4.79 Å². The molecule has 1 aromatic rings. The van der Waals surface area contributed by atoms with Crippen molar-refractivity contribution in [3.8, 4) is 0 Å².